The average Bonchev–Trinajstić information content (AvgIpc) is 1.35. The van der Waals surface area contributed by atoms with E-state index in [1.54, 1.807) is 0 Å². The SMILES string of the molecule is CC(C)(C)c1ccc2c(-c3ccc4c(ccc5ccccc54)c3)c3ccccc3c(-c3ccc4c(ccc5ccccc54)c3)c2c1.CC(C)(C)c1ccc2c(-c3ccc4c5c(cccc35)-c3ccccc3-4)c3ccccc3c(-c3ccc4c5c(cccc35)-c3ccccc3-4)c2c1.Cc1ccc2c(-c3cc(-c4ccccc4)cc(-c4ccccc4)c3)c3cc(C)ccc3c(-c3cc(-c4ccccc4)cc(-c4ccccc4)c3)c2c1. The molecule has 27 aromatic carbocycles. The predicted molar refractivity (Wildman–Crippen MR) is 639 cm³/mol. The molecule has 29 rings (SSSR count). The topological polar surface area (TPSA) is 0 Å². The number of hydrogen-bond acceptors (Lipinski definition) is 0. The Morgan fingerprint density at radius 2 is 0.365 bits per heavy atom. The standard InChI is InChI=1S/C52H38.C50H34.C46H34/c1-35-23-25-47-49(27-35)51(45-31-41(37-15-7-3-8-16-37)29-42(32-45)38-17-9-4-10-18-38)48-26-24-36(2)28-50(48)52(47)46-33-43(39-19-11-5-12-20-39)30-44(34-46)40-21-13-6-14-22-40;1-50(2,3)29-22-23-44-45(28-29)49(43-27-25-41-33-15-7-5-13-31(33)35-19-11-21-39(43)47(35)41)37-17-9-8-16-36(37)48(44)42-26-24-40-32-14-6-4-12-30(32)34-18-10-20-38(42)46(34)40;1-46(2,3)35-22-25-42-43(28-35)45(34-21-24-39-32(27-34)19-17-30-11-5-7-13-37(30)39)41-15-9-8-14-40(41)44(42)33-20-23-38-31(26-33)18-16-29-10-4-6-12-36(29)38/h3-34H,1-2H3;4-28H,1-3H3;4-28H,1-3H3. The van der Waals surface area contributed by atoms with Gasteiger partial charge in [-0.15, -0.1) is 0 Å². The van der Waals surface area contributed by atoms with E-state index in [0.29, 0.717) is 0 Å². The Morgan fingerprint density at radius 1 is 0.122 bits per heavy atom. The quantitative estimate of drug-likeness (QED) is 0.0946. The van der Waals surface area contributed by atoms with Crippen molar-refractivity contribution in [3.05, 3.63) is 520 Å². The van der Waals surface area contributed by atoms with Crippen molar-refractivity contribution in [1.82, 2.24) is 0 Å². The summed E-state index contributed by atoms with van der Waals surface area (Å²) >= 11 is 0. The van der Waals surface area contributed by atoms with Crippen molar-refractivity contribution in [3.8, 4) is 156 Å². The summed E-state index contributed by atoms with van der Waals surface area (Å²) in [7, 11) is 0. The van der Waals surface area contributed by atoms with Crippen LogP contribution in [0.25, 0.3) is 285 Å². The number of rotatable bonds is 10. The van der Waals surface area contributed by atoms with Gasteiger partial charge in [0.05, 0.1) is 0 Å². The Bertz CT molecular complexity index is 9800. The fourth-order valence-corrected chi connectivity index (χ4v) is 24.7. The monoisotopic (exact) mass is 1880 g/mol. The zero-order valence-electron chi connectivity index (χ0n) is 84.3. The smallest absolute Gasteiger partial charge is 0.00200 e. The van der Waals surface area contributed by atoms with Gasteiger partial charge in [-0.2, -0.15) is 0 Å². The molecule has 0 spiro atoms. The van der Waals surface area contributed by atoms with Gasteiger partial charge in [0.25, 0.3) is 0 Å². The highest BCUT2D eigenvalue weighted by molar-refractivity contribution is 6.31. The number of benzene rings is 27. The third-order valence-corrected chi connectivity index (χ3v) is 31.8. The van der Waals surface area contributed by atoms with Crippen LogP contribution >= 0.6 is 0 Å². The van der Waals surface area contributed by atoms with Gasteiger partial charge in [0.2, 0.25) is 0 Å². The minimum absolute atomic E-state index is 0.00863. The Hall–Kier alpha value is -17.9. The lowest BCUT2D eigenvalue weighted by atomic mass is 9.80. The predicted octanol–water partition coefficient (Wildman–Crippen LogP) is 42.1. The maximum atomic E-state index is 2.49. The molecule has 2 aliphatic rings. The number of hydrogen-bond donors (Lipinski definition) is 0. The highest BCUT2D eigenvalue weighted by atomic mass is 14.3. The molecule has 0 bridgehead atoms. The van der Waals surface area contributed by atoms with Crippen LogP contribution in [-0.2, 0) is 10.8 Å². The van der Waals surface area contributed by atoms with Crippen molar-refractivity contribution in [3.63, 3.8) is 0 Å². The van der Waals surface area contributed by atoms with E-state index in [9.17, 15) is 0 Å². The summed E-state index contributed by atoms with van der Waals surface area (Å²) in [6.07, 6.45) is 0. The molecule has 0 amide bonds. The molecule has 0 aliphatic heterocycles. The Kier molecular flexibility index (Phi) is 21.4. The van der Waals surface area contributed by atoms with Crippen LogP contribution in [-0.4, -0.2) is 0 Å². The summed E-state index contributed by atoms with van der Waals surface area (Å²) in [4.78, 5) is 0. The molecule has 0 saturated heterocycles. The van der Waals surface area contributed by atoms with E-state index < -0.39 is 0 Å². The first-order valence-electron chi connectivity index (χ1n) is 52.1. The van der Waals surface area contributed by atoms with Crippen molar-refractivity contribution in [2.24, 2.45) is 0 Å². The van der Waals surface area contributed by atoms with Gasteiger partial charge in [0.1, 0.15) is 0 Å². The first kappa shape index (κ1) is 88.9. The minimum atomic E-state index is 0.00863. The van der Waals surface area contributed by atoms with E-state index in [4.69, 9.17) is 0 Å². The molecule has 0 nitrogen and oxygen atoms in total. The maximum absolute atomic E-state index is 2.49. The molecular weight excluding hydrogens is 1780 g/mol. The lowest BCUT2D eigenvalue weighted by Gasteiger charge is -2.24. The summed E-state index contributed by atoms with van der Waals surface area (Å²) in [5.74, 6) is 0. The van der Waals surface area contributed by atoms with Crippen LogP contribution in [0.5, 0.6) is 0 Å². The molecule has 0 N–H and O–H groups in total. The van der Waals surface area contributed by atoms with Crippen LogP contribution in [0, 0.1) is 13.8 Å². The summed E-state index contributed by atoms with van der Waals surface area (Å²) in [5.41, 5.74) is 41.0. The first-order chi connectivity index (χ1) is 72.5. The fourth-order valence-electron chi connectivity index (χ4n) is 24.7. The van der Waals surface area contributed by atoms with Crippen LogP contribution in [0.3, 0.4) is 0 Å². The summed E-state index contributed by atoms with van der Waals surface area (Å²) < 4.78 is 0. The molecule has 2 aliphatic carbocycles. The van der Waals surface area contributed by atoms with Gasteiger partial charge in [0.15, 0.2) is 0 Å². The Labute approximate surface area is 864 Å². The molecule has 0 fully saturated rings. The van der Waals surface area contributed by atoms with Crippen LogP contribution < -0.4 is 0 Å². The van der Waals surface area contributed by atoms with Crippen LogP contribution in [0.1, 0.15) is 63.8 Å². The zero-order valence-corrected chi connectivity index (χ0v) is 84.3. The van der Waals surface area contributed by atoms with Crippen molar-refractivity contribution in [2.45, 2.75) is 66.2 Å². The van der Waals surface area contributed by atoms with E-state index in [0.717, 1.165) is 0 Å². The van der Waals surface area contributed by atoms with E-state index in [1.807, 2.05) is 0 Å². The van der Waals surface area contributed by atoms with Gasteiger partial charge >= 0.3 is 0 Å². The van der Waals surface area contributed by atoms with Crippen molar-refractivity contribution in [1.29, 1.82) is 0 Å². The first-order valence-corrected chi connectivity index (χ1v) is 52.1. The van der Waals surface area contributed by atoms with Gasteiger partial charge in [-0.25, -0.2) is 0 Å². The van der Waals surface area contributed by atoms with Crippen molar-refractivity contribution in [2.75, 3.05) is 0 Å². The molecule has 0 heteroatoms. The van der Waals surface area contributed by atoms with E-state index in [2.05, 4.69) is 553 Å². The second kappa shape index (κ2) is 35.5. The summed E-state index contributed by atoms with van der Waals surface area (Å²) in [6, 6.07) is 185. The minimum Gasteiger partial charge on any atom is -0.0622 e. The lowest BCUT2D eigenvalue weighted by Crippen LogP contribution is -2.10. The van der Waals surface area contributed by atoms with Gasteiger partial charge in [-0.1, -0.05) is 489 Å². The van der Waals surface area contributed by atoms with Crippen LogP contribution in [0.2, 0.25) is 0 Å². The third kappa shape index (κ3) is 15.1. The Balaban J connectivity index is 0.000000110. The Morgan fingerprint density at radius 3 is 0.743 bits per heavy atom. The highest BCUT2D eigenvalue weighted by Crippen LogP contribution is 2.58. The second-order valence-electron chi connectivity index (χ2n) is 42.8. The van der Waals surface area contributed by atoms with E-state index in [1.165, 1.54) is 307 Å². The van der Waals surface area contributed by atoms with Gasteiger partial charge in [0, 0.05) is 0 Å². The largest absolute Gasteiger partial charge is 0.0622 e. The van der Waals surface area contributed by atoms with E-state index >= 15 is 0 Å². The molecular formula is C148H106. The number of aryl methyl sites for hydroxylation is 2. The zero-order chi connectivity index (χ0) is 99.3. The summed E-state index contributed by atoms with van der Waals surface area (Å²) in [5, 5.41) is 31.1. The molecule has 148 heavy (non-hydrogen) atoms. The molecule has 0 aromatic heterocycles. The molecule has 0 radical (unpaired) electrons. The average molecular weight is 1880 g/mol. The van der Waals surface area contributed by atoms with Crippen molar-refractivity contribution < 1.29 is 0 Å². The molecule has 0 atom stereocenters. The van der Waals surface area contributed by atoms with Crippen LogP contribution in [0.4, 0.5) is 0 Å². The van der Waals surface area contributed by atoms with Crippen LogP contribution in [0.15, 0.2) is 497 Å². The summed E-state index contributed by atoms with van der Waals surface area (Å²) in [6.45, 7) is 18.3. The van der Waals surface area contributed by atoms with Crippen molar-refractivity contribution >= 4 is 129 Å². The maximum Gasteiger partial charge on any atom is -0.00200 e. The molecule has 0 heterocycles. The molecule has 0 unspecified atom stereocenters. The fraction of sp³-hybridized carbons (Fsp3) is 0.0676. The second-order valence-corrected chi connectivity index (χ2v) is 42.8. The normalized spacial score (nSPS) is 12.1. The van der Waals surface area contributed by atoms with Gasteiger partial charge in [-0.3, -0.25) is 0 Å². The number of fused-ring (bicyclic) bond motifs is 18. The molecule has 698 valence electrons. The third-order valence-electron chi connectivity index (χ3n) is 31.8. The highest BCUT2D eigenvalue weighted by Gasteiger charge is 2.31. The van der Waals surface area contributed by atoms with E-state index in [-0.39, 0.29) is 10.8 Å². The van der Waals surface area contributed by atoms with Gasteiger partial charge < -0.3 is 0 Å². The molecule has 0 saturated carbocycles. The lowest BCUT2D eigenvalue weighted by molar-refractivity contribution is 0.591. The van der Waals surface area contributed by atoms with Gasteiger partial charge in [-0.05, 0) is 382 Å². The molecule has 27 aromatic rings.